The van der Waals surface area contributed by atoms with E-state index in [1.807, 2.05) is 31.2 Å². The SMILES string of the molecule is CCN(CC)c1ccc(N=C2C=C(C)C(=O)C(C(C)(C)C)=C2)cc1. The van der Waals surface area contributed by atoms with Gasteiger partial charge in [-0.3, -0.25) is 4.79 Å². The summed E-state index contributed by atoms with van der Waals surface area (Å²) in [7, 11) is 0. The van der Waals surface area contributed by atoms with Crippen molar-refractivity contribution in [1.82, 2.24) is 0 Å². The molecule has 0 N–H and O–H groups in total. The van der Waals surface area contributed by atoms with Crippen LogP contribution < -0.4 is 4.90 Å². The molecule has 3 heteroatoms. The quantitative estimate of drug-likeness (QED) is 0.721. The zero-order chi connectivity index (χ0) is 17.9. The summed E-state index contributed by atoms with van der Waals surface area (Å²) in [6.07, 6.45) is 3.80. The van der Waals surface area contributed by atoms with Crippen molar-refractivity contribution in [3.63, 3.8) is 0 Å². The molecule has 0 aromatic heterocycles. The highest BCUT2D eigenvalue weighted by Crippen LogP contribution is 2.31. The van der Waals surface area contributed by atoms with Crippen LogP contribution in [0.4, 0.5) is 11.4 Å². The van der Waals surface area contributed by atoms with Gasteiger partial charge >= 0.3 is 0 Å². The van der Waals surface area contributed by atoms with Crippen LogP contribution in [0.25, 0.3) is 0 Å². The number of allylic oxidation sites excluding steroid dienone is 4. The van der Waals surface area contributed by atoms with E-state index in [1.165, 1.54) is 5.69 Å². The van der Waals surface area contributed by atoms with E-state index in [0.29, 0.717) is 0 Å². The van der Waals surface area contributed by atoms with Crippen LogP contribution in [-0.2, 0) is 4.79 Å². The summed E-state index contributed by atoms with van der Waals surface area (Å²) in [6.45, 7) is 14.3. The number of anilines is 1. The molecule has 0 bridgehead atoms. The number of nitrogens with zero attached hydrogens (tertiary/aromatic N) is 2. The van der Waals surface area contributed by atoms with Gasteiger partial charge in [-0.05, 0) is 68.2 Å². The number of benzene rings is 1. The lowest BCUT2D eigenvalue weighted by Gasteiger charge is -2.24. The van der Waals surface area contributed by atoms with E-state index >= 15 is 0 Å². The molecule has 1 aromatic rings. The molecule has 0 aliphatic heterocycles. The summed E-state index contributed by atoms with van der Waals surface area (Å²) in [5.41, 5.74) is 4.35. The molecule has 0 heterocycles. The molecule has 1 aliphatic carbocycles. The Morgan fingerprint density at radius 1 is 1.00 bits per heavy atom. The summed E-state index contributed by atoms with van der Waals surface area (Å²) in [6, 6.07) is 8.27. The molecule has 0 saturated heterocycles. The first-order valence-corrected chi connectivity index (χ1v) is 8.65. The van der Waals surface area contributed by atoms with E-state index in [1.54, 1.807) is 0 Å². The maximum atomic E-state index is 12.4. The van der Waals surface area contributed by atoms with Gasteiger partial charge in [0.05, 0.1) is 11.4 Å². The minimum absolute atomic E-state index is 0.123. The van der Waals surface area contributed by atoms with Gasteiger partial charge in [0.15, 0.2) is 5.78 Å². The van der Waals surface area contributed by atoms with Crippen molar-refractivity contribution in [3.05, 3.63) is 47.6 Å². The standard InChI is InChI=1S/C21H28N2O/c1-7-23(8-2)18-11-9-16(10-12-18)22-17-13-15(3)20(24)19(14-17)21(4,5)6/h9-14H,7-8H2,1-6H3. The van der Waals surface area contributed by atoms with E-state index in [4.69, 9.17) is 4.99 Å². The van der Waals surface area contributed by atoms with Crippen molar-refractivity contribution < 1.29 is 4.79 Å². The number of hydrogen-bond acceptors (Lipinski definition) is 3. The molecule has 0 atom stereocenters. The van der Waals surface area contributed by atoms with Crippen molar-refractivity contribution in [2.45, 2.75) is 41.5 Å². The summed E-state index contributed by atoms with van der Waals surface area (Å²) in [4.78, 5) is 19.4. The molecular weight excluding hydrogens is 296 g/mol. The Morgan fingerprint density at radius 3 is 2.08 bits per heavy atom. The number of ketones is 1. The molecule has 0 saturated carbocycles. The number of Topliss-reactive ketones (excluding diaryl/α,β-unsaturated/α-hetero) is 1. The molecule has 0 fully saturated rings. The first-order valence-electron chi connectivity index (χ1n) is 8.65. The average Bonchev–Trinajstić information content (AvgIpc) is 2.52. The zero-order valence-electron chi connectivity index (χ0n) is 15.7. The molecule has 128 valence electrons. The smallest absolute Gasteiger partial charge is 0.185 e. The lowest BCUT2D eigenvalue weighted by molar-refractivity contribution is -0.113. The van der Waals surface area contributed by atoms with Gasteiger partial charge in [-0.15, -0.1) is 0 Å². The van der Waals surface area contributed by atoms with E-state index in [-0.39, 0.29) is 11.2 Å². The summed E-state index contributed by atoms with van der Waals surface area (Å²) >= 11 is 0. The Hall–Kier alpha value is -2.16. The third-order valence-electron chi connectivity index (χ3n) is 4.30. The average molecular weight is 324 g/mol. The van der Waals surface area contributed by atoms with Crippen LogP contribution in [0.5, 0.6) is 0 Å². The van der Waals surface area contributed by atoms with Gasteiger partial charge in [-0.1, -0.05) is 20.8 Å². The number of rotatable bonds is 4. The molecule has 0 amide bonds. The molecule has 1 aliphatic rings. The highest BCUT2D eigenvalue weighted by molar-refractivity contribution is 6.22. The largest absolute Gasteiger partial charge is 0.372 e. The number of carbonyl (C=O) groups is 1. The van der Waals surface area contributed by atoms with E-state index in [9.17, 15) is 4.79 Å². The van der Waals surface area contributed by atoms with Gasteiger partial charge in [-0.2, -0.15) is 0 Å². The van der Waals surface area contributed by atoms with E-state index in [2.05, 4.69) is 51.7 Å². The van der Waals surface area contributed by atoms with Crippen LogP contribution >= 0.6 is 0 Å². The van der Waals surface area contributed by atoms with Gasteiger partial charge in [0, 0.05) is 24.4 Å². The van der Waals surface area contributed by atoms with Crippen LogP contribution in [0.3, 0.4) is 0 Å². The van der Waals surface area contributed by atoms with Crippen LogP contribution in [0.1, 0.15) is 41.5 Å². The van der Waals surface area contributed by atoms with Crippen molar-refractivity contribution in [1.29, 1.82) is 0 Å². The molecule has 2 rings (SSSR count). The predicted octanol–water partition coefficient (Wildman–Crippen LogP) is 5.11. The normalized spacial score (nSPS) is 16.9. The molecule has 0 spiro atoms. The first-order chi connectivity index (χ1) is 11.3. The van der Waals surface area contributed by atoms with E-state index in [0.717, 1.165) is 35.6 Å². The van der Waals surface area contributed by atoms with Crippen LogP contribution in [0.15, 0.2) is 52.6 Å². The Labute approximate surface area is 145 Å². The molecule has 0 unspecified atom stereocenters. The summed E-state index contributed by atoms with van der Waals surface area (Å²) < 4.78 is 0. The van der Waals surface area contributed by atoms with Gasteiger partial charge in [0.25, 0.3) is 0 Å². The lowest BCUT2D eigenvalue weighted by atomic mass is 9.79. The zero-order valence-corrected chi connectivity index (χ0v) is 15.7. The molecule has 3 nitrogen and oxygen atoms in total. The molecular formula is C21H28N2O. The summed E-state index contributed by atoms with van der Waals surface area (Å²) in [5, 5.41) is 0. The topological polar surface area (TPSA) is 32.7 Å². The highest BCUT2D eigenvalue weighted by Gasteiger charge is 2.27. The third-order valence-corrected chi connectivity index (χ3v) is 4.30. The second-order valence-electron chi connectivity index (χ2n) is 7.19. The fourth-order valence-corrected chi connectivity index (χ4v) is 2.85. The number of hydrogen-bond donors (Lipinski definition) is 0. The minimum Gasteiger partial charge on any atom is -0.372 e. The molecule has 0 radical (unpaired) electrons. The van der Waals surface area contributed by atoms with Crippen molar-refractivity contribution in [3.8, 4) is 0 Å². The molecule has 1 aromatic carbocycles. The van der Waals surface area contributed by atoms with Crippen molar-refractivity contribution in [2.24, 2.45) is 10.4 Å². The van der Waals surface area contributed by atoms with Gasteiger partial charge < -0.3 is 4.90 Å². The predicted molar refractivity (Wildman–Crippen MR) is 103 cm³/mol. The lowest BCUT2D eigenvalue weighted by Crippen LogP contribution is -2.23. The minimum atomic E-state index is -0.181. The second kappa shape index (κ2) is 7.16. The fraction of sp³-hybridized carbons (Fsp3) is 0.429. The van der Waals surface area contributed by atoms with E-state index < -0.39 is 0 Å². The van der Waals surface area contributed by atoms with Gasteiger partial charge in [-0.25, -0.2) is 4.99 Å². The van der Waals surface area contributed by atoms with Gasteiger partial charge in [0.1, 0.15) is 0 Å². The van der Waals surface area contributed by atoms with Crippen molar-refractivity contribution in [2.75, 3.05) is 18.0 Å². The van der Waals surface area contributed by atoms with Crippen LogP contribution in [0, 0.1) is 5.41 Å². The number of carbonyl (C=O) groups excluding carboxylic acids is 1. The Morgan fingerprint density at radius 2 is 1.58 bits per heavy atom. The highest BCUT2D eigenvalue weighted by atomic mass is 16.1. The van der Waals surface area contributed by atoms with Crippen molar-refractivity contribution >= 4 is 22.9 Å². The summed E-state index contributed by atoms with van der Waals surface area (Å²) in [5.74, 6) is 0.123. The monoisotopic (exact) mass is 324 g/mol. The fourth-order valence-electron chi connectivity index (χ4n) is 2.85. The third kappa shape index (κ3) is 4.02. The van der Waals surface area contributed by atoms with Gasteiger partial charge in [0.2, 0.25) is 0 Å². The maximum Gasteiger partial charge on any atom is 0.185 e. The molecule has 24 heavy (non-hydrogen) atoms. The van der Waals surface area contributed by atoms with Crippen LogP contribution in [0.2, 0.25) is 0 Å². The Balaban J connectivity index is 2.33. The number of aliphatic imine (C=N–C) groups is 1. The second-order valence-corrected chi connectivity index (χ2v) is 7.19. The maximum absolute atomic E-state index is 12.4. The Kier molecular flexibility index (Phi) is 5.43. The first kappa shape index (κ1) is 18.2. The Bertz CT molecular complexity index is 696. The van der Waals surface area contributed by atoms with Crippen LogP contribution in [-0.4, -0.2) is 24.6 Å².